The number of halogens is 1. The fraction of sp³-hybridized carbons (Fsp3) is 0.515. The van der Waals surface area contributed by atoms with Crippen LogP contribution in [0.4, 0.5) is 5.69 Å². The number of benzene rings is 2. The van der Waals surface area contributed by atoms with Crippen LogP contribution in [-0.4, -0.2) is 12.5 Å². The minimum atomic E-state index is -0.0664. The number of hydrogen-bond donors (Lipinski definition) is 1. The lowest BCUT2D eigenvalue weighted by molar-refractivity contribution is -0.678. The summed E-state index contributed by atoms with van der Waals surface area (Å²) in [6.45, 7) is 5.95. The third-order valence-corrected chi connectivity index (χ3v) is 8.30. The van der Waals surface area contributed by atoms with Crippen molar-refractivity contribution in [3.05, 3.63) is 64.6 Å². The van der Waals surface area contributed by atoms with Crippen molar-refractivity contribution in [2.75, 3.05) is 11.9 Å². The van der Waals surface area contributed by atoms with Crippen LogP contribution in [0.1, 0.15) is 96.5 Å². The minimum Gasteiger partial charge on any atom is -0.492 e. The van der Waals surface area contributed by atoms with Gasteiger partial charge in [-0.15, -0.1) is 0 Å². The number of ether oxygens (including phenoxy) is 1. The van der Waals surface area contributed by atoms with Crippen LogP contribution < -0.4 is 14.6 Å². The van der Waals surface area contributed by atoms with Crippen LogP contribution in [0.3, 0.4) is 0 Å². The number of amides is 1. The molecule has 6 heteroatoms. The number of aryl methyl sites for hydroxylation is 1. The number of para-hydroxylation sites is 1. The molecule has 1 N–H and O–H groups in total. The molecule has 3 aromatic rings. The van der Waals surface area contributed by atoms with E-state index in [4.69, 9.17) is 16.3 Å². The van der Waals surface area contributed by atoms with Crippen molar-refractivity contribution >= 4 is 34.5 Å². The van der Waals surface area contributed by atoms with Crippen LogP contribution in [-0.2, 0) is 17.8 Å². The summed E-state index contributed by atoms with van der Waals surface area (Å²) < 4.78 is 8.12. The van der Waals surface area contributed by atoms with Crippen LogP contribution >= 0.6 is 22.9 Å². The highest BCUT2D eigenvalue weighted by Crippen LogP contribution is 2.29. The second-order valence-electron chi connectivity index (χ2n) is 10.3. The Kier molecular flexibility index (Phi) is 14.4. The van der Waals surface area contributed by atoms with Crippen molar-refractivity contribution in [3.8, 4) is 16.3 Å². The average molecular weight is 570 g/mol. The zero-order chi connectivity index (χ0) is 27.7. The van der Waals surface area contributed by atoms with Crippen molar-refractivity contribution in [1.29, 1.82) is 0 Å². The van der Waals surface area contributed by atoms with Crippen LogP contribution in [0.5, 0.6) is 5.75 Å². The molecule has 0 unspecified atom stereocenters. The number of carbonyl (C=O) groups is 1. The van der Waals surface area contributed by atoms with Gasteiger partial charge in [0.1, 0.15) is 12.3 Å². The summed E-state index contributed by atoms with van der Waals surface area (Å²) >= 11 is 8.17. The van der Waals surface area contributed by atoms with E-state index in [1.165, 1.54) is 70.6 Å². The standard InChI is InChI=1S/C33H45ClN2O2S/c1-3-5-6-7-8-9-10-11-12-13-14-17-23-38-31-21-20-27(25-29(31)34)26-32(37)35-30-19-16-15-18-28(30)33-36(4-2)22-24-39-33/h15-16,18-22,24-25H,3-14,17,23,26H2,1-2H3/p+1. The minimum absolute atomic E-state index is 0.0664. The fourth-order valence-corrected chi connectivity index (χ4v) is 6.05. The molecule has 0 aliphatic rings. The number of carbonyl (C=O) groups excluding carboxylic acids is 1. The molecular formula is C33H46ClN2O2S+. The number of thiazole rings is 1. The Balaban J connectivity index is 1.35. The maximum absolute atomic E-state index is 12.9. The van der Waals surface area contributed by atoms with E-state index in [2.05, 4.69) is 35.3 Å². The molecule has 0 aliphatic carbocycles. The SMILES string of the molecule is CCCCCCCCCCCCCCOc1ccc(CC(=O)Nc2ccccc2-c2scc[n+]2CC)cc1Cl. The molecule has 39 heavy (non-hydrogen) atoms. The molecular weight excluding hydrogens is 524 g/mol. The highest BCUT2D eigenvalue weighted by atomic mass is 35.5. The first kappa shape index (κ1) is 31.2. The highest BCUT2D eigenvalue weighted by molar-refractivity contribution is 7.12. The number of nitrogens with zero attached hydrogens (tertiary/aromatic N) is 1. The molecule has 0 saturated carbocycles. The van der Waals surface area contributed by atoms with E-state index in [1.54, 1.807) is 11.3 Å². The molecule has 0 bridgehead atoms. The van der Waals surface area contributed by atoms with Crippen molar-refractivity contribution < 1.29 is 14.1 Å². The molecule has 1 amide bonds. The largest absolute Gasteiger partial charge is 0.492 e. The summed E-state index contributed by atoms with van der Waals surface area (Å²) in [6.07, 6.45) is 18.2. The van der Waals surface area contributed by atoms with Gasteiger partial charge in [-0.1, -0.05) is 119 Å². The second-order valence-corrected chi connectivity index (χ2v) is 11.6. The van der Waals surface area contributed by atoms with Gasteiger partial charge in [-0.2, -0.15) is 4.57 Å². The Morgan fingerprint density at radius 2 is 1.56 bits per heavy atom. The van der Waals surface area contributed by atoms with Gasteiger partial charge in [-0.25, -0.2) is 0 Å². The number of anilines is 1. The van der Waals surface area contributed by atoms with Crippen LogP contribution in [0.15, 0.2) is 54.0 Å². The van der Waals surface area contributed by atoms with Gasteiger partial charge in [0.2, 0.25) is 5.91 Å². The first-order chi connectivity index (χ1) is 19.1. The number of nitrogens with one attached hydrogen (secondary N) is 1. The zero-order valence-electron chi connectivity index (χ0n) is 23.9. The second kappa shape index (κ2) is 18.1. The average Bonchev–Trinajstić information content (AvgIpc) is 3.41. The topological polar surface area (TPSA) is 42.2 Å². The summed E-state index contributed by atoms with van der Waals surface area (Å²) in [7, 11) is 0. The monoisotopic (exact) mass is 569 g/mol. The van der Waals surface area contributed by atoms with Crippen molar-refractivity contribution in [3.63, 3.8) is 0 Å². The van der Waals surface area contributed by atoms with Gasteiger partial charge < -0.3 is 10.1 Å². The van der Waals surface area contributed by atoms with E-state index in [1.807, 2.05) is 42.5 Å². The summed E-state index contributed by atoms with van der Waals surface area (Å²) in [4.78, 5) is 12.9. The predicted molar refractivity (Wildman–Crippen MR) is 166 cm³/mol. The molecule has 0 atom stereocenters. The normalized spacial score (nSPS) is 11.1. The first-order valence-electron chi connectivity index (χ1n) is 14.9. The van der Waals surface area contributed by atoms with E-state index >= 15 is 0 Å². The number of aromatic nitrogens is 1. The Morgan fingerprint density at radius 1 is 0.897 bits per heavy atom. The molecule has 3 rings (SSSR count). The summed E-state index contributed by atoms with van der Waals surface area (Å²) in [5, 5.41) is 6.85. The molecule has 0 radical (unpaired) electrons. The Morgan fingerprint density at radius 3 is 2.23 bits per heavy atom. The number of unbranched alkanes of at least 4 members (excludes halogenated alkanes) is 11. The molecule has 212 valence electrons. The molecule has 0 saturated heterocycles. The van der Waals surface area contributed by atoms with Gasteiger partial charge in [0.15, 0.2) is 6.20 Å². The van der Waals surface area contributed by atoms with Crippen LogP contribution in [0, 0.1) is 0 Å². The summed E-state index contributed by atoms with van der Waals surface area (Å²) in [5.41, 5.74) is 2.72. The molecule has 2 aromatic carbocycles. The molecule has 1 aromatic heterocycles. The van der Waals surface area contributed by atoms with Gasteiger partial charge in [0.05, 0.1) is 34.7 Å². The van der Waals surface area contributed by atoms with E-state index in [0.29, 0.717) is 17.4 Å². The maximum Gasteiger partial charge on any atom is 0.271 e. The van der Waals surface area contributed by atoms with Gasteiger partial charge in [-0.3, -0.25) is 4.79 Å². The molecule has 0 spiro atoms. The van der Waals surface area contributed by atoms with Crippen molar-refractivity contribution in [2.45, 2.75) is 104 Å². The third-order valence-electron chi connectivity index (χ3n) is 7.07. The van der Waals surface area contributed by atoms with E-state index in [-0.39, 0.29) is 12.3 Å². The van der Waals surface area contributed by atoms with Gasteiger partial charge in [0.25, 0.3) is 5.01 Å². The number of rotatable bonds is 19. The molecule has 0 fully saturated rings. The smallest absolute Gasteiger partial charge is 0.271 e. The first-order valence-corrected chi connectivity index (χ1v) is 16.2. The van der Waals surface area contributed by atoms with Crippen molar-refractivity contribution in [2.24, 2.45) is 0 Å². The summed E-state index contributed by atoms with van der Waals surface area (Å²) in [5.74, 6) is 0.624. The highest BCUT2D eigenvalue weighted by Gasteiger charge is 2.18. The quantitative estimate of drug-likeness (QED) is 0.115. The lowest BCUT2D eigenvalue weighted by atomic mass is 10.1. The predicted octanol–water partition coefficient (Wildman–Crippen LogP) is 9.64. The van der Waals surface area contributed by atoms with E-state index in [9.17, 15) is 4.79 Å². The van der Waals surface area contributed by atoms with E-state index in [0.717, 1.165) is 34.8 Å². The van der Waals surface area contributed by atoms with Gasteiger partial charge in [-0.05, 0) is 43.2 Å². The summed E-state index contributed by atoms with van der Waals surface area (Å²) in [6, 6.07) is 13.6. The maximum atomic E-state index is 12.9. The Hall–Kier alpha value is -2.37. The molecule has 4 nitrogen and oxygen atoms in total. The molecule has 1 heterocycles. The van der Waals surface area contributed by atoms with Gasteiger partial charge in [0, 0.05) is 0 Å². The lowest BCUT2D eigenvalue weighted by Gasteiger charge is -2.11. The van der Waals surface area contributed by atoms with Crippen LogP contribution in [0.25, 0.3) is 10.6 Å². The Bertz CT molecular complexity index is 1130. The van der Waals surface area contributed by atoms with Gasteiger partial charge >= 0.3 is 0 Å². The van der Waals surface area contributed by atoms with Crippen molar-refractivity contribution in [1.82, 2.24) is 0 Å². The lowest BCUT2D eigenvalue weighted by Crippen LogP contribution is -2.31. The van der Waals surface area contributed by atoms with E-state index < -0.39 is 0 Å². The van der Waals surface area contributed by atoms with Crippen LogP contribution in [0.2, 0.25) is 5.02 Å². The third kappa shape index (κ3) is 11.0. The fourth-order valence-electron chi connectivity index (χ4n) is 4.83. The molecule has 0 aliphatic heterocycles. The zero-order valence-corrected chi connectivity index (χ0v) is 25.4. The number of hydrogen-bond acceptors (Lipinski definition) is 3. The Labute approximate surface area is 244 Å².